The largest absolute Gasteiger partial charge is 0.345 e. The van der Waals surface area contributed by atoms with Gasteiger partial charge in [0.1, 0.15) is 0 Å². The normalized spacial score (nSPS) is 11.6. The quantitative estimate of drug-likeness (QED) is 0.854. The fourth-order valence-electron chi connectivity index (χ4n) is 2.09. The van der Waals surface area contributed by atoms with Gasteiger partial charge in [0.15, 0.2) is 0 Å². The molecule has 3 N–H and O–H groups in total. The van der Waals surface area contributed by atoms with E-state index in [1.807, 2.05) is 13.0 Å². The van der Waals surface area contributed by atoms with Crippen LogP contribution in [0.5, 0.6) is 0 Å². The summed E-state index contributed by atoms with van der Waals surface area (Å²) >= 11 is 3.14. The van der Waals surface area contributed by atoms with E-state index < -0.39 is 0 Å². The number of nitrogens with two attached hydrogens (primary N) is 1. The summed E-state index contributed by atoms with van der Waals surface area (Å²) < 4.78 is 0. The zero-order valence-corrected chi connectivity index (χ0v) is 14.0. The molecule has 0 saturated carbocycles. The van der Waals surface area contributed by atoms with Crippen LogP contribution < -0.4 is 11.1 Å². The van der Waals surface area contributed by atoms with Crippen molar-refractivity contribution in [2.24, 2.45) is 5.73 Å². The van der Waals surface area contributed by atoms with Crippen molar-refractivity contribution < 1.29 is 4.79 Å². The summed E-state index contributed by atoms with van der Waals surface area (Å²) in [5, 5.41) is 3.04. The highest BCUT2D eigenvalue weighted by Gasteiger charge is 2.16. The molecular weight excluding hydrogens is 300 g/mol. The molecule has 110 valence electrons. The van der Waals surface area contributed by atoms with Crippen molar-refractivity contribution in [3.8, 4) is 11.8 Å². The molecule has 1 unspecified atom stereocenters. The predicted molar refractivity (Wildman–Crippen MR) is 89.9 cm³/mol. The summed E-state index contributed by atoms with van der Waals surface area (Å²) in [7, 11) is 0. The Morgan fingerprint density at radius 3 is 2.76 bits per heavy atom. The molecule has 3 nitrogen and oxygen atoms in total. The lowest BCUT2D eigenvalue weighted by Gasteiger charge is -2.13. The van der Waals surface area contributed by atoms with E-state index in [1.54, 1.807) is 17.4 Å². The van der Waals surface area contributed by atoms with Gasteiger partial charge in [0, 0.05) is 9.75 Å². The minimum absolute atomic E-state index is 0.00289. The van der Waals surface area contributed by atoms with Gasteiger partial charge in [-0.05, 0) is 44.5 Å². The second kappa shape index (κ2) is 6.90. The van der Waals surface area contributed by atoms with Crippen LogP contribution in [0, 0.1) is 25.7 Å². The van der Waals surface area contributed by atoms with Crippen LogP contribution in [-0.2, 0) is 0 Å². The van der Waals surface area contributed by atoms with Crippen LogP contribution in [0.2, 0.25) is 0 Å². The Labute approximate surface area is 133 Å². The lowest BCUT2D eigenvalue weighted by atomic mass is 10.1. The molecule has 0 radical (unpaired) electrons. The molecule has 2 aromatic rings. The summed E-state index contributed by atoms with van der Waals surface area (Å²) in [6, 6.07) is 5.80. The van der Waals surface area contributed by atoms with Crippen LogP contribution in [0.25, 0.3) is 0 Å². The van der Waals surface area contributed by atoms with Gasteiger partial charge in [-0.2, -0.15) is 0 Å². The number of amides is 1. The van der Waals surface area contributed by atoms with Crippen LogP contribution in [0.1, 0.15) is 42.8 Å². The first kappa shape index (κ1) is 15.8. The van der Waals surface area contributed by atoms with E-state index in [4.69, 9.17) is 5.73 Å². The standard InChI is InChI=1S/C16H18N2OS2/c1-10-9-14(12(3)20-10)11(2)18-16(19)15-7-6-13(21-15)5-4-8-17/h6-7,9,11H,8,17H2,1-3H3,(H,18,19). The number of carbonyl (C=O) groups excluding carboxylic acids is 1. The monoisotopic (exact) mass is 318 g/mol. The first-order chi connectivity index (χ1) is 10.0. The van der Waals surface area contributed by atoms with Crippen molar-refractivity contribution in [3.63, 3.8) is 0 Å². The molecule has 2 aromatic heterocycles. The predicted octanol–water partition coefficient (Wildman–Crippen LogP) is 3.23. The minimum atomic E-state index is -0.0587. The van der Waals surface area contributed by atoms with Crippen molar-refractivity contribution in [1.29, 1.82) is 0 Å². The van der Waals surface area contributed by atoms with Crippen LogP contribution in [0.3, 0.4) is 0 Å². The van der Waals surface area contributed by atoms with E-state index in [-0.39, 0.29) is 11.9 Å². The maximum absolute atomic E-state index is 12.3. The van der Waals surface area contributed by atoms with Gasteiger partial charge in [-0.15, -0.1) is 22.7 Å². The lowest BCUT2D eigenvalue weighted by molar-refractivity contribution is 0.0944. The summed E-state index contributed by atoms with van der Waals surface area (Å²) in [6.45, 7) is 6.50. The number of aryl methyl sites for hydroxylation is 2. The average Bonchev–Trinajstić information content (AvgIpc) is 3.03. The summed E-state index contributed by atoms with van der Waals surface area (Å²) in [5.74, 6) is 5.67. The molecule has 0 aliphatic carbocycles. The van der Waals surface area contributed by atoms with Gasteiger partial charge in [0.25, 0.3) is 5.91 Å². The van der Waals surface area contributed by atoms with Crippen molar-refractivity contribution in [2.75, 3.05) is 6.54 Å². The van der Waals surface area contributed by atoms with Crippen molar-refractivity contribution >= 4 is 28.6 Å². The van der Waals surface area contributed by atoms with Gasteiger partial charge in [0.2, 0.25) is 0 Å². The molecule has 21 heavy (non-hydrogen) atoms. The van der Waals surface area contributed by atoms with Crippen molar-refractivity contribution in [2.45, 2.75) is 26.8 Å². The first-order valence-corrected chi connectivity index (χ1v) is 8.31. The molecular formula is C16H18N2OS2. The first-order valence-electron chi connectivity index (χ1n) is 6.68. The maximum Gasteiger partial charge on any atom is 0.261 e. The molecule has 0 aromatic carbocycles. The second-order valence-corrected chi connectivity index (χ2v) is 7.28. The molecule has 2 heterocycles. The van der Waals surface area contributed by atoms with Crippen molar-refractivity contribution in [3.05, 3.63) is 43.3 Å². The summed E-state index contributed by atoms with van der Waals surface area (Å²) in [5.41, 5.74) is 6.53. The Bertz CT molecular complexity index is 703. The Kier molecular flexibility index (Phi) is 5.18. The fourth-order valence-corrected chi connectivity index (χ4v) is 3.90. The van der Waals surface area contributed by atoms with E-state index in [2.05, 4.69) is 37.1 Å². The molecule has 0 spiro atoms. The molecule has 5 heteroatoms. The molecule has 0 bridgehead atoms. The summed E-state index contributed by atoms with van der Waals surface area (Å²) in [4.78, 5) is 16.3. The van der Waals surface area contributed by atoms with Crippen LogP contribution in [-0.4, -0.2) is 12.5 Å². The number of rotatable bonds is 3. The SMILES string of the molecule is Cc1cc(C(C)NC(=O)c2ccc(C#CCN)s2)c(C)s1. The number of hydrogen-bond acceptors (Lipinski definition) is 4. The fraction of sp³-hybridized carbons (Fsp3) is 0.312. The van der Waals surface area contributed by atoms with E-state index >= 15 is 0 Å². The zero-order valence-electron chi connectivity index (χ0n) is 12.3. The molecule has 2 rings (SSSR count). The van der Waals surface area contributed by atoms with Gasteiger partial charge in [-0.3, -0.25) is 4.79 Å². The Balaban J connectivity index is 2.07. The minimum Gasteiger partial charge on any atom is -0.345 e. The zero-order chi connectivity index (χ0) is 15.4. The molecule has 1 amide bonds. The van der Waals surface area contributed by atoms with Gasteiger partial charge in [0.05, 0.1) is 22.3 Å². The molecule has 0 aliphatic heterocycles. The van der Waals surface area contributed by atoms with Gasteiger partial charge < -0.3 is 11.1 Å². The van der Waals surface area contributed by atoms with Gasteiger partial charge in [-0.25, -0.2) is 0 Å². The smallest absolute Gasteiger partial charge is 0.261 e. The van der Waals surface area contributed by atoms with Gasteiger partial charge in [-0.1, -0.05) is 11.8 Å². The highest BCUT2D eigenvalue weighted by Crippen LogP contribution is 2.26. The number of carbonyl (C=O) groups is 1. The highest BCUT2D eigenvalue weighted by molar-refractivity contribution is 7.14. The highest BCUT2D eigenvalue weighted by atomic mass is 32.1. The topological polar surface area (TPSA) is 55.1 Å². The Morgan fingerprint density at radius 1 is 1.38 bits per heavy atom. The van der Waals surface area contributed by atoms with Crippen LogP contribution in [0.4, 0.5) is 0 Å². The van der Waals surface area contributed by atoms with Crippen molar-refractivity contribution in [1.82, 2.24) is 5.32 Å². The van der Waals surface area contributed by atoms with E-state index in [0.717, 1.165) is 4.88 Å². The molecule has 1 atom stereocenters. The lowest BCUT2D eigenvalue weighted by Crippen LogP contribution is -2.25. The number of hydrogen-bond donors (Lipinski definition) is 2. The van der Waals surface area contributed by atoms with E-state index in [9.17, 15) is 4.79 Å². The molecule has 0 aliphatic rings. The third-order valence-corrected chi connectivity index (χ3v) is 5.02. The second-order valence-electron chi connectivity index (χ2n) is 4.73. The van der Waals surface area contributed by atoms with E-state index in [1.165, 1.54) is 26.7 Å². The number of nitrogens with one attached hydrogen (secondary N) is 1. The van der Waals surface area contributed by atoms with E-state index in [0.29, 0.717) is 11.4 Å². The van der Waals surface area contributed by atoms with Crippen LogP contribution in [0.15, 0.2) is 18.2 Å². The van der Waals surface area contributed by atoms with Crippen LogP contribution >= 0.6 is 22.7 Å². The third-order valence-electron chi connectivity index (χ3n) is 3.04. The Morgan fingerprint density at radius 2 is 2.14 bits per heavy atom. The third kappa shape index (κ3) is 3.94. The molecule has 0 fully saturated rings. The molecule has 0 saturated heterocycles. The summed E-state index contributed by atoms with van der Waals surface area (Å²) in [6.07, 6.45) is 0. The van der Waals surface area contributed by atoms with Gasteiger partial charge >= 0.3 is 0 Å². The average molecular weight is 318 g/mol. The number of thiophene rings is 2. The maximum atomic E-state index is 12.3. The Hall–Kier alpha value is -1.61.